The molecule has 23 heavy (non-hydrogen) atoms. The van der Waals surface area contributed by atoms with Gasteiger partial charge in [-0.2, -0.15) is 5.26 Å². The van der Waals surface area contributed by atoms with Gasteiger partial charge >= 0.3 is 0 Å². The van der Waals surface area contributed by atoms with Gasteiger partial charge in [0.05, 0.1) is 5.56 Å². The Bertz CT molecular complexity index is 860. The summed E-state index contributed by atoms with van der Waals surface area (Å²) in [5, 5.41) is 12.7. The van der Waals surface area contributed by atoms with Crippen LogP contribution in [0.25, 0.3) is 0 Å². The molecule has 1 aliphatic rings. The molecule has 0 fully saturated rings. The maximum absolute atomic E-state index is 12.2. The van der Waals surface area contributed by atoms with Gasteiger partial charge in [-0.15, -0.1) is 11.3 Å². The number of carbonyl (C=O) groups is 1. The van der Waals surface area contributed by atoms with Crippen LogP contribution < -0.4 is 16.6 Å². The fraction of sp³-hybridized carbons (Fsp3) is 0.312. The largest absolute Gasteiger partial charge is 0.398 e. The lowest BCUT2D eigenvalue weighted by Gasteiger charge is -2.09. The molecular weight excluding hydrogens is 312 g/mol. The lowest BCUT2D eigenvalue weighted by Crippen LogP contribution is -2.27. The van der Waals surface area contributed by atoms with E-state index in [1.807, 2.05) is 0 Å². The molecule has 3 rings (SSSR count). The van der Waals surface area contributed by atoms with E-state index in [2.05, 4.69) is 11.4 Å². The van der Waals surface area contributed by atoms with Crippen LogP contribution in [0.1, 0.15) is 28.8 Å². The Labute approximate surface area is 137 Å². The molecule has 1 amide bonds. The van der Waals surface area contributed by atoms with Crippen molar-refractivity contribution >= 4 is 27.9 Å². The van der Waals surface area contributed by atoms with Gasteiger partial charge in [0, 0.05) is 22.8 Å². The lowest BCUT2D eigenvalue weighted by molar-refractivity contribution is -0.116. The van der Waals surface area contributed by atoms with E-state index in [1.165, 1.54) is 39.1 Å². The van der Waals surface area contributed by atoms with Gasteiger partial charge < -0.3 is 15.6 Å². The van der Waals surface area contributed by atoms with Crippen molar-refractivity contribution in [2.45, 2.75) is 32.2 Å². The van der Waals surface area contributed by atoms with Gasteiger partial charge in [-0.25, -0.2) is 0 Å². The molecule has 2 heterocycles. The van der Waals surface area contributed by atoms with Crippen LogP contribution in [0.3, 0.4) is 0 Å². The van der Waals surface area contributed by atoms with Crippen molar-refractivity contribution < 1.29 is 4.79 Å². The Morgan fingerprint density at radius 2 is 2.17 bits per heavy atom. The molecule has 0 bridgehead atoms. The Morgan fingerprint density at radius 1 is 1.39 bits per heavy atom. The van der Waals surface area contributed by atoms with Gasteiger partial charge in [0.2, 0.25) is 5.91 Å². The smallest absolute Gasteiger partial charge is 0.251 e. The molecule has 0 spiro atoms. The summed E-state index contributed by atoms with van der Waals surface area (Å²) >= 11 is 1.47. The van der Waals surface area contributed by atoms with Gasteiger partial charge in [-0.05, 0) is 37.3 Å². The first-order valence-corrected chi connectivity index (χ1v) is 8.20. The van der Waals surface area contributed by atoms with E-state index >= 15 is 0 Å². The average molecular weight is 328 g/mol. The molecular formula is C16H16N4O2S. The summed E-state index contributed by atoms with van der Waals surface area (Å²) in [4.78, 5) is 25.1. The number of pyridine rings is 1. The van der Waals surface area contributed by atoms with Crippen molar-refractivity contribution in [3.8, 4) is 6.07 Å². The number of thiophene rings is 1. The van der Waals surface area contributed by atoms with Gasteiger partial charge in [-0.1, -0.05) is 0 Å². The second-order valence-corrected chi connectivity index (χ2v) is 6.61. The zero-order valence-corrected chi connectivity index (χ0v) is 13.3. The molecule has 0 saturated heterocycles. The van der Waals surface area contributed by atoms with Crippen LogP contribution in [0.15, 0.2) is 23.1 Å². The lowest BCUT2D eigenvalue weighted by atomic mass is 9.96. The number of nitrogens with zero attached hydrogens (tertiary/aromatic N) is 2. The van der Waals surface area contributed by atoms with Crippen LogP contribution in [0.2, 0.25) is 0 Å². The summed E-state index contributed by atoms with van der Waals surface area (Å²) in [6.45, 7) is -0.128. The fourth-order valence-electron chi connectivity index (χ4n) is 2.77. The SMILES string of the molecule is N#Cc1c(NC(=O)Cn2cc(N)ccc2=O)sc2c1CCCC2. The van der Waals surface area contributed by atoms with Gasteiger partial charge in [-0.3, -0.25) is 9.59 Å². The van der Waals surface area contributed by atoms with Crippen molar-refractivity contribution in [3.63, 3.8) is 0 Å². The molecule has 2 aromatic heterocycles. The quantitative estimate of drug-likeness (QED) is 0.898. The Morgan fingerprint density at radius 3 is 2.96 bits per heavy atom. The van der Waals surface area contributed by atoms with Crippen molar-refractivity contribution in [1.29, 1.82) is 5.26 Å². The summed E-state index contributed by atoms with van der Waals surface area (Å²) in [5.74, 6) is -0.340. The van der Waals surface area contributed by atoms with Gasteiger partial charge in [0.25, 0.3) is 5.56 Å². The molecule has 0 aromatic carbocycles. The predicted octanol–water partition coefficient (Wildman–Crippen LogP) is 1.88. The number of rotatable bonds is 3. The molecule has 118 valence electrons. The Balaban J connectivity index is 1.81. The maximum Gasteiger partial charge on any atom is 0.251 e. The minimum Gasteiger partial charge on any atom is -0.398 e. The third kappa shape index (κ3) is 3.12. The molecule has 6 nitrogen and oxygen atoms in total. The summed E-state index contributed by atoms with van der Waals surface area (Å²) in [7, 11) is 0. The number of nitrogens with one attached hydrogen (secondary N) is 1. The van der Waals surface area contributed by atoms with Crippen molar-refractivity contribution in [2.75, 3.05) is 11.1 Å². The molecule has 2 aromatic rings. The van der Waals surface area contributed by atoms with E-state index < -0.39 is 0 Å². The third-order valence-electron chi connectivity index (χ3n) is 3.86. The first-order valence-electron chi connectivity index (χ1n) is 7.39. The van der Waals surface area contributed by atoms with E-state index in [-0.39, 0.29) is 18.0 Å². The van der Waals surface area contributed by atoms with Crippen molar-refractivity contribution in [1.82, 2.24) is 4.57 Å². The summed E-state index contributed by atoms with van der Waals surface area (Å²) < 4.78 is 1.25. The molecule has 0 unspecified atom stereocenters. The predicted molar refractivity (Wildman–Crippen MR) is 89.4 cm³/mol. The number of aromatic nitrogens is 1. The van der Waals surface area contributed by atoms with Crippen LogP contribution in [-0.2, 0) is 24.2 Å². The highest BCUT2D eigenvalue weighted by molar-refractivity contribution is 7.16. The number of anilines is 2. The molecule has 1 aliphatic carbocycles. The van der Waals surface area contributed by atoms with Crippen LogP contribution in [0.4, 0.5) is 10.7 Å². The van der Waals surface area contributed by atoms with E-state index in [4.69, 9.17) is 5.73 Å². The third-order valence-corrected chi connectivity index (χ3v) is 5.06. The zero-order valence-electron chi connectivity index (χ0n) is 12.5. The highest BCUT2D eigenvalue weighted by Crippen LogP contribution is 2.37. The highest BCUT2D eigenvalue weighted by Gasteiger charge is 2.21. The van der Waals surface area contributed by atoms with Gasteiger partial charge in [0.15, 0.2) is 0 Å². The Kier molecular flexibility index (Phi) is 4.17. The topological polar surface area (TPSA) is 101 Å². The minimum absolute atomic E-state index is 0.128. The summed E-state index contributed by atoms with van der Waals surface area (Å²) in [5.41, 5.74) is 7.40. The number of fused-ring (bicyclic) bond motifs is 1. The number of nitriles is 1. The molecule has 3 N–H and O–H groups in total. The maximum atomic E-state index is 12.2. The van der Waals surface area contributed by atoms with E-state index in [9.17, 15) is 14.9 Å². The Hall–Kier alpha value is -2.59. The van der Waals surface area contributed by atoms with E-state index in [1.54, 1.807) is 0 Å². The first-order chi connectivity index (χ1) is 11.1. The molecule has 7 heteroatoms. The number of carbonyl (C=O) groups excluding carboxylic acids is 1. The normalized spacial score (nSPS) is 13.2. The van der Waals surface area contributed by atoms with Crippen molar-refractivity contribution in [2.24, 2.45) is 0 Å². The van der Waals surface area contributed by atoms with Crippen molar-refractivity contribution in [3.05, 3.63) is 44.7 Å². The highest BCUT2D eigenvalue weighted by atomic mass is 32.1. The molecule has 0 atom stereocenters. The number of amides is 1. The van der Waals surface area contributed by atoms with E-state index in [0.29, 0.717) is 16.3 Å². The van der Waals surface area contributed by atoms with E-state index in [0.717, 1.165) is 31.2 Å². The molecule has 0 saturated carbocycles. The van der Waals surface area contributed by atoms with Crippen LogP contribution in [-0.4, -0.2) is 10.5 Å². The fourth-order valence-corrected chi connectivity index (χ4v) is 4.02. The first kappa shape index (κ1) is 15.3. The van der Waals surface area contributed by atoms with Gasteiger partial charge in [0.1, 0.15) is 17.6 Å². The number of aryl methyl sites for hydroxylation is 1. The van der Waals surface area contributed by atoms with Crippen LogP contribution >= 0.6 is 11.3 Å². The molecule has 0 aliphatic heterocycles. The average Bonchev–Trinajstić information content (AvgIpc) is 2.87. The summed E-state index contributed by atoms with van der Waals surface area (Å²) in [6, 6.07) is 5.03. The monoisotopic (exact) mass is 328 g/mol. The number of hydrogen-bond donors (Lipinski definition) is 2. The minimum atomic E-state index is -0.340. The standard InChI is InChI=1S/C16H16N4O2S/c17-7-12-11-3-1-2-4-13(11)23-16(12)19-14(21)9-20-8-10(18)5-6-15(20)22/h5-6,8H,1-4,9,18H2,(H,19,21). The second-order valence-electron chi connectivity index (χ2n) is 5.50. The second kappa shape index (κ2) is 6.26. The number of nitrogens with two attached hydrogens (primary N) is 1. The van der Waals surface area contributed by atoms with Crippen LogP contribution in [0.5, 0.6) is 0 Å². The number of nitrogen functional groups attached to an aromatic ring is 1. The number of hydrogen-bond acceptors (Lipinski definition) is 5. The zero-order chi connectivity index (χ0) is 16.4. The summed E-state index contributed by atoms with van der Waals surface area (Å²) in [6.07, 6.45) is 5.47. The molecule has 0 radical (unpaired) electrons. The van der Waals surface area contributed by atoms with Crippen LogP contribution in [0, 0.1) is 11.3 Å².